The van der Waals surface area contributed by atoms with Crippen LogP contribution in [-0.2, 0) is 13.0 Å². The molecule has 1 aromatic heterocycles. The monoisotopic (exact) mass is 309 g/mol. The van der Waals surface area contributed by atoms with Crippen molar-refractivity contribution in [2.75, 3.05) is 7.11 Å². The van der Waals surface area contributed by atoms with E-state index in [0.717, 1.165) is 33.9 Å². The summed E-state index contributed by atoms with van der Waals surface area (Å²) in [6, 6.07) is 6.11. The quantitative estimate of drug-likeness (QED) is 0.912. The lowest BCUT2D eigenvalue weighted by Gasteiger charge is -2.08. The number of hydrogen-bond donors (Lipinski definition) is 2. The van der Waals surface area contributed by atoms with Crippen LogP contribution in [-0.4, -0.2) is 17.1 Å². The molecule has 0 unspecified atom stereocenters. The van der Waals surface area contributed by atoms with Gasteiger partial charge in [-0.05, 0) is 40.0 Å². The number of rotatable bonds is 4. The molecule has 0 aliphatic rings. The van der Waals surface area contributed by atoms with Gasteiger partial charge in [0.2, 0.25) is 0 Å². The van der Waals surface area contributed by atoms with Crippen molar-refractivity contribution in [2.24, 2.45) is 5.73 Å². The Hall–Kier alpha value is -1.33. The predicted octanol–water partition coefficient (Wildman–Crippen LogP) is 2.87. The minimum Gasteiger partial charge on any atom is -0.496 e. The third kappa shape index (κ3) is 2.42. The Labute approximate surface area is 115 Å². The highest BCUT2D eigenvalue weighted by Crippen LogP contribution is 2.30. The van der Waals surface area contributed by atoms with Crippen LogP contribution in [0, 0.1) is 0 Å². The molecule has 0 spiro atoms. The summed E-state index contributed by atoms with van der Waals surface area (Å²) in [6.45, 7) is 2.54. The summed E-state index contributed by atoms with van der Waals surface area (Å²) >= 11 is 3.39. The first kappa shape index (κ1) is 13.1. The van der Waals surface area contributed by atoms with Crippen molar-refractivity contribution in [2.45, 2.75) is 19.9 Å². The van der Waals surface area contributed by atoms with Gasteiger partial charge in [-0.3, -0.25) is 0 Å². The summed E-state index contributed by atoms with van der Waals surface area (Å²) in [5.41, 5.74) is 8.72. The fourth-order valence-electron chi connectivity index (χ4n) is 1.81. The molecule has 96 valence electrons. The molecule has 0 aliphatic carbocycles. The van der Waals surface area contributed by atoms with Gasteiger partial charge in [-0.1, -0.05) is 13.0 Å². The summed E-state index contributed by atoms with van der Waals surface area (Å²) < 4.78 is 6.13. The van der Waals surface area contributed by atoms with Gasteiger partial charge < -0.3 is 15.5 Å². The average Bonchev–Trinajstić information content (AvgIpc) is 2.79. The van der Waals surface area contributed by atoms with Crippen LogP contribution in [0.2, 0.25) is 0 Å². The zero-order valence-electron chi connectivity index (χ0n) is 10.5. The number of ether oxygens (including phenoxy) is 1. The van der Waals surface area contributed by atoms with Gasteiger partial charge in [0.1, 0.15) is 16.2 Å². The number of halogens is 1. The lowest BCUT2D eigenvalue weighted by atomic mass is 10.1. The van der Waals surface area contributed by atoms with Crippen LogP contribution in [0.5, 0.6) is 5.75 Å². The summed E-state index contributed by atoms with van der Waals surface area (Å²) in [6.07, 6.45) is 0.975. The Morgan fingerprint density at radius 3 is 2.78 bits per heavy atom. The molecule has 0 atom stereocenters. The Balaban J connectivity index is 2.53. The highest BCUT2D eigenvalue weighted by Gasteiger charge is 2.13. The van der Waals surface area contributed by atoms with Crippen molar-refractivity contribution in [3.05, 3.63) is 34.1 Å². The van der Waals surface area contributed by atoms with E-state index in [-0.39, 0.29) is 0 Å². The predicted molar refractivity (Wildman–Crippen MR) is 75.5 cm³/mol. The molecule has 0 bridgehead atoms. The van der Waals surface area contributed by atoms with Crippen molar-refractivity contribution in [1.82, 2.24) is 9.97 Å². The van der Waals surface area contributed by atoms with Crippen molar-refractivity contribution < 1.29 is 4.74 Å². The molecule has 1 heterocycles. The first-order valence-electron chi connectivity index (χ1n) is 5.81. The van der Waals surface area contributed by atoms with E-state index in [1.165, 1.54) is 5.56 Å². The second kappa shape index (κ2) is 5.54. The normalized spacial score (nSPS) is 10.7. The number of nitrogens with zero attached hydrogens (tertiary/aromatic N) is 1. The second-order valence-electron chi connectivity index (χ2n) is 3.95. The van der Waals surface area contributed by atoms with Gasteiger partial charge in [-0.2, -0.15) is 0 Å². The number of aryl methyl sites for hydroxylation is 1. The molecule has 0 saturated carbocycles. The Morgan fingerprint density at radius 1 is 1.44 bits per heavy atom. The molecule has 4 nitrogen and oxygen atoms in total. The third-order valence-corrected chi connectivity index (χ3v) is 3.52. The van der Waals surface area contributed by atoms with Crippen LogP contribution in [0.1, 0.15) is 18.2 Å². The van der Waals surface area contributed by atoms with Crippen LogP contribution in [0.15, 0.2) is 22.8 Å². The minimum absolute atomic E-state index is 0.420. The highest BCUT2D eigenvalue weighted by atomic mass is 79.9. The van der Waals surface area contributed by atoms with Gasteiger partial charge in [0.05, 0.1) is 18.4 Å². The lowest BCUT2D eigenvalue weighted by molar-refractivity contribution is 0.416. The number of aromatic amines is 1. The molecule has 0 aliphatic heterocycles. The van der Waals surface area contributed by atoms with Gasteiger partial charge in [-0.25, -0.2) is 4.98 Å². The summed E-state index contributed by atoms with van der Waals surface area (Å²) in [7, 11) is 1.66. The number of benzene rings is 1. The van der Waals surface area contributed by atoms with E-state index >= 15 is 0 Å². The molecule has 2 aromatic rings. The van der Waals surface area contributed by atoms with Crippen LogP contribution in [0.25, 0.3) is 11.4 Å². The van der Waals surface area contributed by atoms with Crippen molar-refractivity contribution >= 4 is 15.9 Å². The molecule has 0 fully saturated rings. The van der Waals surface area contributed by atoms with Gasteiger partial charge in [0.25, 0.3) is 0 Å². The number of imidazole rings is 1. The summed E-state index contributed by atoms with van der Waals surface area (Å²) in [4.78, 5) is 7.65. The van der Waals surface area contributed by atoms with Crippen LogP contribution in [0.3, 0.4) is 0 Å². The molecule has 2 rings (SSSR count). The number of nitrogens with two attached hydrogens (primary N) is 1. The third-order valence-electron chi connectivity index (χ3n) is 2.86. The summed E-state index contributed by atoms with van der Waals surface area (Å²) in [5, 5.41) is 0. The first-order valence-corrected chi connectivity index (χ1v) is 6.60. The molecule has 18 heavy (non-hydrogen) atoms. The van der Waals surface area contributed by atoms with Crippen LogP contribution < -0.4 is 10.5 Å². The molecule has 0 saturated heterocycles. The van der Waals surface area contributed by atoms with E-state index < -0.39 is 0 Å². The molecule has 0 amide bonds. The number of nitrogens with one attached hydrogen (secondary N) is 1. The maximum atomic E-state index is 5.64. The van der Waals surface area contributed by atoms with Gasteiger partial charge in [0.15, 0.2) is 0 Å². The number of methoxy groups -OCH3 is 1. The molecule has 1 aromatic carbocycles. The topological polar surface area (TPSA) is 63.9 Å². The van der Waals surface area contributed by atoms with E-state index in [2.05, 4.69) is 45.0 Å². The smallest absolute Gasteiger partial charge is 0.142 e. The molecule has 3 N–H and O–H groups in total. The van der Waals surface area contributed by atoms with Crippen molar-refractivity contribution in [1.29, 1.82) is 0 Å². The van der Waals surface area contributed by atoms with E-state index in [0.29, 0.717) is 6.54 Å². The van der Waals surface area contributed by atoms with E-state index in [1.54, 1.807) is 7.11 Å². The molecular formula is C13H16BrN3O. The van der Waals surface area contributed by atoms with Crippen LogP contribution in [0.4, 0.5) is 0 Å². The number of aromatic nitrogens is 2. The summed E-state index contributed by atoms with van der Waals surface area (Å²) in [5.74, 6) is 1.58. The van der Waals surface area contributed by atoms with Gasteiger partial charge in [0, 0.05) is 6.54 Å². The van der Waals surface area contributed by atoms with Crippen LogP contribution >= 0.6 is 15.9 Å². The fourth-order valence-corrected chi connectivity index (χ4v) is 2.25. The Bertz CT molecular complexity index is 551. The van der Waals surface area contributed by atoms with E-state index in [9.17, 15) is 0 Å². The van der Waals surface area contributed by atoms with Gasteiger partial charge >= 0.3 is 0 Å². The standard InChI is InChI=1S/C13H16BrN3O/c1-3-8-4-5-11(18-2)9(6-8)13-16-10(7-15)12(14)17-13/h4-6H,3,7,15H2,1-2H3,(H,16,17). The largest absolute Gasteiger partial charge is 0.496 e. The maximum absolute atomic E-state index is 5.64. The molecular weight excluding hydrogens is 294 g/mol. The zero-order chi connectivity index (χ0) is 13.1. The second-order valence-corrected chi connectivity index (χ2v) is 4.70. The lowest BCUT2D eigenvalue weighted by Crippen LogP contribution is -1.97. The maximum Gasteiger partial charge on any atom is 0.142 e. The molecule has 0 radical (unpaired) electrons. The minimum atomic E-state index is 0.420. The molecule has 5 heteroatoms. The van der Waals surface area contributed by atoms with Crippen molar-refractivity contribution in [3.63, 3.8) is 0 Å². The number of H-pyrrole nitrogens is 1. The SMILES string of the molecule is CCc1ccc(OC)c(-c2nc(Br)c(CN)[nH]2)c1. The van der Waals surface area contributed by atoms with Gasteiger partial charge in [-0.15, -0.1) is 0 Å². The van der Waals surface area contributed by atoms with E-state index in [4.69, 9.17) is 10.5 Å². The zero-order valence-corrected chi connectivity index (χ0v) is 12.0. The Kier molecular flexibility index (Phi) is 4.04. The Morgan fingerprint density at radius 2 is 2.22 bits per heavy atom. The highest BCUT2D eigenvalue weighted by molar-refractivity contribution is 9.10. The number of hydrogen-bond acceptors (Lipinski definition) is 3. The average molecular weight is 310 g/mol. The fraction of sp³-hybridized carbons (Fsp3) is 0.308. The van der Waals surface area contributed by atoms with E-state index in [1.807, 2.05) is 6.07 Å². The first-order chi connectivity index (χ1) is 8.69. The van der Waals surface area contributed by atoms with Crippen molar-refractivity contribution in [3.8, 4) is 17.1 Å².